The van der Waals surface area contributed by atoms with Crippen LogP contribution >= 0.6 is 0 Å². The zero-order chi connectivity index (χ0) is 22.4. The normalized spacial score (nSPS) is 14.4. The van der Waals surface area contributed by atoms with Gasteiger partial charge in [-0.05, 0) is 43.2 Å². The summed E-state index contributed by atoms with van der Waals surface area (Å²) in [5.41, 5.74) is 7.47. The first-order valence-corrected chi connectivity index (χ1v) is 11.7. The van der Waals surface area contributed by atoms with Gasteiger partial charge < -0.3 is 14.8 Å². The fraction of sp³-hybridized carbons (Fsp3) is 0.0667. The third-order valence-corrected chi connectivity index (χ3v) is 7.38. The lowest BCUT2D eigenvalue weighted by Crippen LogP contribution is -2.08. The molecule has 0 radical (unpaired) electrons. The molecule has 0 unspecified atom stereocenters. The Morgan fingerprint density at radius 2 is 1.50 bits per heavy atom. The molecule has 0 fully saturated rings. The van der Waals surface area contributed by atoms with Crippen LogP contribution in [0.15, 0.2) is 95.4 Å². The highest BCUT2D eigenvalue weighted by Gasteiger charge is 2.22. The molecule has 0 atom stereocenters. The third kappa shape index (κ3) is 2.13. The van der Waals surface area contributed by atoms with Crippen LogP contribution in [0.5, 0.6) is 0 Å². The minimum atomic E-state index is 0.898. The highest BCUT2D eigenvalue weighted by molar-refractivity contribution is 6.29. The van der Waals surface area contributed by atoms with E-state index in [1.165, 1.54) is 22.0 Å². The minimum Gasteiger partial charge on any atom is -0.455 e. The zero-order valence-corrected chi connectivity index (χ0v) is 18.5. The monoisotopic (exact) mass is 439 g/mol. The predicted molar refractivity (Wildman–Crippen MR) is 143 cm³/mol. The molecule has 1 aliphatic carbocycles. The lowest BCUT2D eigenvalue weighted by molar-refractivity contribution is 0.673. The molecule has 4 aromatic carbocycles. The average Bonchev–Trinajstić information content (AvgIpc) is 3.52. The van der Waals surface area contributed by atoms with Gasteiger partial charge in [0.25, 0.3) is 0 Å². The molecule has 0 saturated carbocycles. The number of benzene rings is 4. The smallest absolute Gasteiger partial charge is 0.145 e. The van der Waals surface area contributed by atoms with E-state index < -0.39 is 0 Å². The van der Waals surface area contributed by atoms with Crippen molar-refractivity contribution in [2.24, 2.45) is 0 Å². The Balaban J connectivity index is 1.63. The summed E-state index contributed by atoms with van der Waals surface area (Å²) in [6.45, 7) is 0. The van der Waals surface area contributed by atoms with Gasteiger partial charge in [-0.25, -0.2) is 0 Å². The quantitative estimate of drug-likeness (QED) is 0.266. The van der Waals surface area contributed by atoms with Crippen LogP contribution < -0.4 is 5.84 Å². The van der Waals surface area contributed by atoms with Gasteiger partial charge in [-0.15, -0.1) is 0 Å². The molecule has 4 heteroatoms. The Hall–Kier alpha value is -4.44. The van der Waals surface area contributed by atoms with Crippen molar-refractivity contribution < 1.29 is 4.42 Å². The molecule has 162 valence electrons. The van der Waals surface area contributed by atoms with Gasteiger partial charge in [0.05, 0.1) is 27.5 Å². The maximum absolute atomic E-state index is 6.87. The van der Waals surface area contributed by atoms with E-state index in [0.29, 0.717) is 0 Å². The fourth-order valence-corrected chi connectivity index (χ4v) is 5.92. The van der Waals surface area contributed by atoms with Crippen molar-refractivity contribution in [3.63, 3.8) is 0 Å². The van der Waals surface area contributed by atoms with Crippen molar-refractivity contribution in [1.29, 1.82) is 0 Å². The molecule has 2 N–H and O–H groups in total. The molecule has 7 aromatic rings. The first kappa shape index (κ1) is 18.0. The van der Waals surface area contributed by atoms with Crippen molar-refractivity contribution in [3.05, 3.63) is 91.0 Å². The second-order valence-electron chi connectivity index (χ2n) is 9.14. The van der Waals surface area contributed by atoms with Gasteiger partial charge >= 0.3 is 0 Å². The van der Waals surface area contributed by atoms with E-state index in [0.717, 1.165) is 62.1 Å². The van der Waals surface area contributed by atoms with Gasteiger partial charge in [-0.1, -0.05) is 60.7 Å². The molecular formula is C30H21N3O. The highest BCUT2D eigenvalue weighted by Crippen LogP contribution is 2.43. The first-order valence-electron chi connectivity index (χ1n) is 11.7. The topological polar surface area (TPSA) is 49.0 Å². The number of nitrogens with zero attached hydrogens (tertiary/aromatic N) is 2. The van der Waals surface area contributed by atoms with Gasteiger partial charge in [-0.3, -0.25) is 4.68 Å². The Kier molecular flexibility index (Phi) is 3.36. The maximum Gasteiger partial charge on any atom is 0.145 e. The number of fused-ring (bicyclic) bond motifs is 11. The molecular weight excluding hydrogens is 418 g/mol. The van der Waals surface area contributed by atoms with Crippen LogP contribution in [0, 0.1) is 0 Å². The number of furan rings is 1. The predicted octanol–water partition coefficient (Wildman–Crippen LogP) is 7.71. The third-order valence-electron chi connectivity index (χ3n) is 7.38. The summed E-state index contributed by atoms with van der Waals surface area (Å²) < 4.78 is 10.7. The second kappa shape index (κ2) is 6.33. The number of para-hydroxylation sites is 2. The largest absolute Gasteiger partial charge is 0.455 e. The molecule has 0 spiro atoms. The zero-order valence-electron chi connectivity index (χ0n) is 18.5. The van der Waals surface area contributed by atoms with Crippen LogP contribution in [-0.2, 0) is 0 Å². The molecule has 4 nitrogen and oxygen atoms in total. The molecule has 0 bridgehead atoms. The van der Waals surface area contributed by atoms with E-state index >= 15 is 0 Å². The van der Waals surface area contributed by atoms with Gasteiger partial charge in [0.2, 0.25) is 0 Å². The summed E-state index contributed by atoms with van der Waals surface area (Å²) in [6.07, 6.45) is 8.66. The Morgan fingerprint density at radius 1 is 0.706 bits per heavy atom. The van der Waals surface area contributed by atoms with Gasteiger partial charge in [0.15, 0.2) is 0 Å². The van der Waals surface area contributed by atoms with Crippen molar-refractivity contribution in [2.75, 3.05) is 5.84 Å². The Morgan fingerprint density at radius 3 is 2.38 bits per heavy atom. The van der Waals surface area contributed by atoms with E-state index in [1.807, 2.05) is 16.8 Å². The van der Waals surface area contributed by atoms with Gasteiger partial charge in [-0.2, -0.15) is 0 Å². The molecule has 0 saturated heterocycles. The van der Waals surface area contributed by atoms with E-state index in [2.05, 4.69) is 83.5 Å². The lowest BCUT2D eigenvalue weighted by Gasteiger charge is -2.14. The number of hydrogen-bond acceptors (Lipinski definition) is 2. The van der Waals surface area contributed by atoms with Crippen molar-refractivity contribution >= 4 is 71.2 Å². The lowest BCUT2D eigenvalue weighted by atomic mass is 10.1. The number of aromatic nitrogens is 2. The molecule has 0 amide bonds. The molecule has 0 aliphatic heterocycles. The highest BCUT2D eigenvalue weighted by atomic mass is 16.3. The molecule has 34 heavy (non-hydrogen) atoms. The Labute approximate surface area is 194 Å². The standard InChI is InChI=1S/C30H21N3O/c31-33-25-17-16-22-20-11-5-7-13-26(20)34-30(22)27(25)23-15-14-21-19-10-4-6-12-24(19)32(28(21)29(23)33)18-8-2-1-3-9-18/h1-2,4-8,10-17H,3,9,31H2. The van der Waals surface area contributed by atoms with Crippen molar-refractivity contribution in [3.8, 4) is 0 Å². The summed E-state index contributed by atoms with van der Waals surface area (Å²) >= 11 is 0. The summed E-state index contributed by atoms with van der Waals surface area (Å²) in [5.74, 6) is 6.87. The Bertz CT molecular complexity index is 2030. The van der Waals surface area contributed by atoms with E-state index in [4.69, 9.17) is 10.3 Å². The van der Waals surface area contributed by atoms with Crippen LogP contribution in [0.2, 0.25) is 0 Å². The number of allylic oxidation sites excluding steroid dienone is 4. The number of hydrogen-bond donors (Lipinski definition) is 1. The van der Waals surface area contributed by atoms with E-state index in [9.17, 15) is 0 Å². The SMILES string of the molecule is Nn1c2ccc3c4ccccc4oc3c2c2ccc3c4ccccc4n(C4=CC=CCC4)c3c21. The van der Waals surface area contributed by atoms with E-state index in [-0.39, 0.29) is 0 Å². The van der Waals surface area contributed by atoms with Crippen LogP contribution in [-0.4, -0.2) is 9.24 Å². The fourth-order valence-electron chi connectivity index (χ4n) is 5.92. The second-order valence-corrected chi connectivity index (χ2v) is 9.14. The van der Waals surface area contributed by atoms with Gasteiger partial charge in [0.1, 0.15) is 11.2 Å². The maximum atomic E-state index is 6.87. The van der Waals surface area contributed by atoms with E-state index in [1.54, 1.807) is 0 Å². The van der Waals surface area contributed by atoms with Crippen LogP contribution in [0.25, 0.3) is 71.2 Å². The number of rotatable bonds is 1. The molecule has 8 rings (SSSR count). The summed E-state index contributed by atoms with van der Waals surface area (Å²) in [7, 11) is 0. The number of nitrogens with two attached hydrogens (primary N) is 1. The molecule has 3 heterocycles. The van der Waals surface area contributed by atoms with Crippen LogP contribution in [0.4, 0.5) is 0 Å². The first-order chi connectivity index (χ1) is 16.8. The van der Waals surface area contributed by atoms with Crippen molar-refractivity contribution in [2.45, 2.75) is 12.8 Å². The average molecular weight is 440 g/mol. The van der Waals surface area contributed by atoms with Gasteiger partial charge in [0, 0.05) is 32.6 Å². The van der Waals surface area contributed by atoms with Crippen LogP contribution in [0.3, 0.4) is 0 Å². The number of nitrogen functional groups attached to an aromatic ring is 1. The van der Waals surface area contributed by atoms with Crippen LogP contribution in [0.1, 0.15) is 12.8 Å². The van der Waals surface area contributed by atoms with Crippen molar-refractivity contribution in [1.82, 2.24) is 9.24 Å². The summed E-state index contributed by atoms with van der Waals surface area (Å²) in [5, 5.41) is 6.90. The molecule has 1 aliphatic rings. The minimum absolute atomic E-state index is 0.898. The molecule has 3 aromatic heterocycles. The summed E-state index contributed by atoms with van der Waals surface area (Å²) in [6, 6.07) is 25.6. The summed E-state index contributed by atoms with van der Waals surface area (Å²) in [4.78, 5) is 0.